The third kappa shape index (κ3) is 5.40. The number of amides is 2. The van der Waals surface area contributed by atoms with Gasteiger partial charge in [-0.2, -0.15) is 0 Å². The van der Waals surface area contributed by atoms with Crippen molar-refractivity contribution in [2.24, 2.45) is 7.05 Å². The van der Waals surface area contributed by atoms with Gasteiger partial charge in [-0.15, -0.1) is 10.2 Å². The summed E-state index contributed by atoms with van der Waals surface area (Å²) in [6.45, 7) is 1.73. The monoisotopic (exact) mass is 443 g/mol. The SMILES string of the molecule is COc1ccccc1NC(=O)CSc1nnc(C(C)NC(=O)c2ccccc2F)n1C. The number of nitrogens with zero attached hydrogens (tertiary/aromatic N) is 3. The molecule has 0 aliphatic rings. The summed E-state index contributed by atoms with van der Waals surface area (Å²) in [6, 6.07) is 12.4. The summed E-state index contributed by atoms with van der Waals surface area (Å²) in [7, 11) is 3.27. The second-order valence-corrected chi connectivity index (χ2v) is 7.55. The molecule has 0 bridgehead atoms. The molecule has 0 fully saturated rings. The first-order chi connectivity index (χ1) is 14.9. The highest BCUT2D eigenvalue weighted by Gasteiger charge is 2.20. The number of ether oxygens (including phenoxy) is 1. The summed E-state index contributed by atoms with van der Waals surface area (Å²) in [4.78, 5) is 24.6. The molecule has 31 heavy (non-hydrogen) atoms. The van der Waals surface area contributed by atoms with Gasteiger partial charge in [0.05, 0.1) is 30.2 Å². The first kappa shape index (κ1) is 22.3. The van der Waals surface area contributed by atoms with Gasteiger partial charge in [-0.1, -0.05) is 36.0 Å². The van der Waals surface area contributed by atoms with Crippen LogP contribution < -0.4 is 15.4 Å². The molecular formula is C21H22FN5O3S. The first-order valence-electron chi connectivity index (χ1n) is 9.41. The number of para-hydroxylation sites is 2. The number of nitrogens with one attached hydrogen (secondary N) is 2. The van der Waals surface area contributed by atoms with Crippen molar-refractivity contribution in [1.29, 1.82) is 0 Å². The molecule has 1 aromatic heterocycles. The van der Waals surface area contributed by atoms with E-state index in [1.807, 2.05) is 6.07 Å². The van der Waals surface area contributed by atoms with E-state index in [1.54, 1.807) is 42.8 Å². The Morgan fingerprint density at radius 3 is 2.61 bits per heavy atom. The van der Waals surface area contributed by atoms with Gasteiger partial charge in [0, 0.05) is 7.05 Å². The highest BCUT2D eigenvalue weighted by Crippen LogP contribution is 2.24. The molecule has 162 valence electrons. The lowest BCUT2D eigenvalue weighted by molar-refractivity contribution is -0.113. The molecule has 8 nitrogen and oxygen atoms in total. The van der Waals surface area contributed by atoms with Crippen molar-refractivity contribution in [3.05, 3.63) is 65.7 Å². The van der Waals surface area contributed by atoms with E-state index in [-0.39, 0.29) is 17.2 Å². The zero-order valence-electron chi connectivity index (χ0n) is 17.3. The molecule has 0 spiro atoms. The fourth-order valence-corrected chi connectivity index (χ4v) is 3.60. The summed E-state index contributed by atoms with van der Waals surface area (Å²) in [5, 5.41) is 14.2. The van der Waals surface area contributed by atoms with Crippen molar-refractivity contribution in [2.45, 2.75) is 18.1 Å². The molecule has 1 heterocycles. The predicted molar refractivity (Wildman–Crippen MR) is 116 cm³/mol. The Morgan fingerprint density at radius 2 is 1.87 bits per heavy atom. The Morgan fingerprint density at radius 1 is 1.16 bits per heavy atom. The van der Waals surface area contributed by atoms with Crippen molar-refractivity contribution in [3.63, 3.8) is 0 Å². The van der Waals surface area contributed by atoms with Gasteiger partial charge in [-0.05, 0) is 31.2 Å². The van der Waals surface area contributed by atoms with E-state index in [4.69, 9.17) is 4.74 Å². The van der Waals surface area contributed by atoms with Crippen molar-refractivity contribution in [2.75, 3.05) is 18.2 Å². The quantitative estimate of drug-likeness (QED) is 0.519. The lowest BCUT2D eigenvalue weighted by Gasteiger charge is -2.14. The van der Waals surface area contributed by atoms with E-state index in [0.717, 1.165) is 0 Å². The molecular weight excluding hydrogens is 421 g/mol. The Bertz CT molecular complexity index is 1090. The number of methoxy groups -OCH3 is 1. The molecule has 0 saturated carbocycles. The molecule has 10 heteroatoms. The largest absolute Gasteiger partial charge is 0.495 e. The topological polar surface area (TPSA) is 98.1 Å². The van der Waals surface area contributed by atoms with Crippen LogP contribution in [0.15, 0.2) is 53.7 Å². The summed E-state index contributed by atoms with van der Waals surface area (Å²) in [5.74, 6) is -0.195. The van der Waals surface area contributed by atoms with Crippen LogP contribution in [0.3, 0.4) is 0 Å². The molecule has 1 unspecified atom stereocenters. The number of carbonyl (C=O) groups excluding carboxylic acids is 2. The van der Waals surface area contributed by atoms with E-state index in [0.29, 0.717) is 22.4 Å². The van der Waals surface area contributed by atoms with Crippen LogP contribution in [0, 0.1) is 5.82 Å². The Kier molecular flexibility index (Phi) is 7.24. The summed E-state index contributed by atoms with van der Waals surface area (Å²) in [6.07, 6.45) is 0. The molecule has 0 radical (unpaired) electrons. The second kappa shape index (κ2) is 10.1. The predicted octanol–water partition coefficient (Wildman–Crippen LogP) is 3.18. The van der Waals surface area contributed by atoms with Crippen LogP contribution in [0.25, 0.3) is 0 Å². The molecule has 3 rings (SSSR count). The minimum atomic E-state index is -0.595. The summed E-state index contributed by atoms with van der Waals surface area (Å²) < 4.78 is 20.7. The van der Waals surface area contributed by atoms with Crippen LogP contribution in [0.1, 0.15) is 29.1 Å². The molecule has 2 amide bonds. The van der Waals surface area contributed by atoms with Gasteiger partial charge in [-0.3, -0.25) is 9.59 Å². The minimum Gasteiger partial charge on any atom is -0.495 e. The maximum absolute atomic E-state index is 13.8. The van der Waals surface area contributed by atoms with Crippen LogP contribution in [-0.4, -0.2) is 39.4 Å². The minimum absolute atomic E-state index is 0.0425. The number of aromatic nitrogens is 3. The Balaban J connectivity index is 1.60. The molecule has 2 aromatic carbocycles. The lowest BCUT2D eigenvalue weighted by Crippen LogP contribution is -2.29. The standard InChI is InChI=1S/C21H22FN5O3S/c1-13(23-20(29)14-8-4-5-9-15(14)22)19-25-26-21(27(19)2)31-12-18(28)24-16-10-6-7-11-17(16)30-3/h4-11,13H,12H2,1-3H3,(H,23,29)(H,24,28). The number of anilines is 1. The van der Waals surface area contributed by atoms with E-state index < -0.39 is 17.8 Å². The van der Waals surface area contributed by atoms with Crippen molar-refractivity contribution in [1.82, 2.24) is 20.1 Å². The van der Waals surface area contributed by atoms with Crippen molar-refractivity contribution >= 4 is 29.3 Å². The van der Waals surface area contributed by atoms with Crippen molar-refractivity contribution in [3.8, 4) is 5.75 Å². The van der Waals surface area contributed by atoms with Crippen LogP contribution in [-0.2, 0) is 11.8 Å². The molecule has 2 N–H and O–H groups in total. The molecule has 0 aliphatic heterocycles. The first-order valence-corrected chi connectivity index (χ1v) is 10.4. The number of halogens is 1. The average Bonchev–Trinajstić information content (AvgIpc) is 3.13. The fourth-order valence-electron chi connectivity index (χ4n) is 2.88. The number of thioether (sulfide) groups is 1. The molecule has 3 aromatic rings. The zero-order valence-corrected chi connectivity index (χ0v) is 18.1. The number of carbonyl (C=O) groups is 2. The Hall–Kier alpha value is -3.40. The third-order valence-electron chi connectivity index (χ3n) is 4.44. The smallest absolute Gasteiger partial charge is 0.254 e. The normalized spacial score (nSPS) is 11.6. The maximum atomic E-state index is 13.8. The molecule has 0 saturated heterocycles. The lowest BCUT2D eigenvalue weighted by atomic mass is 10.2. The highest BCUT2D eigenvalue weighted by molar-refractivity contribution is 7.99. The van der Waals surface area contributed by atoms with E-state index in [2.05, 4.69) is 20.8 Å². The molecule has 1 atom stereocenters. The van der Waals surface area contributed by atoms with Crippen LogP contribution in [0.5, 0.6) is 5.75 Å². The van der Waals surface area contributed by atoms with Crippen LogP contribution >= 0.6 is 11.8 Å². The maximum Gasteiger partial charge on any atom is 0.254 e. The van der Waals surface area contributed by atoms with Crippen LogP contribution in [0.4, 0.5) is 10.1 Å². The number of hydrogen-bond donors (Lipinski definition) is 2. The number of hydrogen-bond acceptors (Lipinski definition) is 6. The highest BCUT2D eigenvalue weighted by atomic mass is 32.2. The fraction of sp³-hybridized carbons (Fsp3) is 0.238. The van der Waals surface area contributed by atoms with Gasteiger partial charge in [0.1, 0.15) is 11.6 Å². The van der Waals surface area contributed by atoms with E-state index in [1.165, 1.54) is 37.1 Å². The Labute approximate surface area is 183 Å². The average molecular weight is 444 g/mol. The van der Waals surface area contributed by atoms with Gasteiger partial charge in [-0.25, -0.2) is 4.39 Å². The van der Waals surface area contributed by atoms with Crippen molar-refractivity contribution < 1.29 is 18.7 Å². The van der Waals surface area contributed by atoms with Gasteiger partial charge < -0.3 is 19.9 Å². The zero-order chi connectivity index (χ0) is 22.4. The summed E-state index contributed by atoms with van der Waals surface area (Å²) >= 11 is 1.21. The molecule has 0 aliphatic carbocycles. The van der Waals surface area contributed by atoms with E-state index in [9.17, 15) is 14.0 Å². The second-order valence-electron chi connectivity index (χ2n) is 6.61. The number of rotatable bonds is 8. The van der Waals surface area contributed by atoms with Gasteiger partial charge in [0.15, 0.2) is 11.0 Å². The third-order valence-corrected chi connectivity index (χ3v) is 5.46. The van der Waals surface area contributed by atoms with Crippen LogP contribution in [0.2, 0.25) is 0 Å². The van der Waals surface area contributed by atoms with E-state index >= 15 is 0 Å². The summed E-state index contributed by atoms with van der Waals surface area (Å²) in [5.41, 5.74) is 0.540. The van der Waals surface area contributed by atoms with Gasteiger partial charge in [0.25, 0.3) is 5.91 Å². The van der Waals surface area contributed by atoms with Gasteiger partial charge >= 0.3 is 0 Å². The number of benzene rings is 2. The van der Waals surface area contributed by atoms with Gasteiger partial charge in [0.2, 0.25) is 5.91 Å².